The van der Waals surface area contributed by atoms with E-state index < -0.39 is 11.8 Å². The van der Waals surface area contributed by atoms with Crippen molar-refractivity contribution in [3.8, 4) is 12.1 Å². The lowest BCUT2D eigenvalue weighted by Gasteiger charge is -2.27. The third-order valence-corrected chi connectivity index (χ3v) is 6.58. The van der Waals surface area contributed by atoms with Crippen LogP contribution in [-0.4, -0.2) is 33.6 Å². The Balaban J connectivity index is 1.38. The molecule has 188 valence electrons. The van der Waals surface area contributed by atoms with E-state index in [1.165, 1.54) is 24.4 Å². The van der Waals surface area contributed by atoms with E-state index in [1.807, 2.05) is 18.2 Å². The van der Waals surface area contributed by atoms with Crippen LogP contribution in [0.1, 0.15) is 33.5 Å². The van der Waals surface area contributed by atoms with Gasteiger partial charge in [0.25, 0.3) is 0 Å². The van der Waals surface area contributed by atoms with Crippen LogP contribution in [0.15, 0.2) is 60.8 Å². The number of rotatable bonds is 5. The van der Waals surface area contributed by atoms with Crippen molar-refractivity contribution >= 4 is 23.0 Å². The average Bonchev–Trinajstić information content (AvgIpc) is 3.25. The molecule has 0 unspecified atom stereocenters. The third kappa shape index (κ3) is 5.01. The number of pyridine rings is 1. The van der Waals surface area contributed by atoms with Crippen LogP contribution >= 0.6 is 0 Å². The Bertz CT molecular complexity index is 1660. The maximum absolute atomic E-state index is 13.6. The maximum atomic E-state index is 13.6. The number of aromatic nitrogens is 2. The van der Waals surface area contributed by atoms with Crippen LogP contribution in [0.3, 0.4) is 0 Å². The molecule has 0 bridgehead atoms. The highest BCUT2D eigenvalue weighted by atomic mass is 19.1. The Hall–Kier alpha value is -4.86. The van der Waals surface area contributed by atoms with Gasteiger partial charge in [0.05, 0.1) is 22.7 Å². The molecule has 1 amide bonds. The first-order chi connectivity index (χ1) is 18.5. The fourth-order valence-electron chi connectivity index (χ4n) is 4.75. The molecule has 38 heavy (non-hydrogen) atoms. The molecule has 0 atom stereocenters. The van der Waals surface area contributed by atoms with Gasteiger partial charge in [0.1, 0.15) is 11.9 Å². The molecular weight excluding hydrogens is 486 g/mol. The van der Waals surface area contributed by atoms with Gasteiger partial charge < -0.3 is 5.32 Å². The summed E-state index contributed by atoms with van der Waals surface area (Å²) >= 11 is 0. The number of amides is 1. The number of halogens is 2. The van der Waals surface area contributed by atoms with Crippen LogP contribution < -0.4 is 5.32 Å². The molecule has 0 radical (unpaired) electrons. The van der Waals surface area contributed by atoms with Crippen LogP contribution in [0.4, 0.5) is 13.6 Å². The van der Waals surface area contributed by atoms with Crippen molar-refractivity contribution in [2.45, 2.75) is 19.5 Å². The van der Waals surface area contributed by atoms with Gasteiger partial charge in [-0.25, -0.2) is 14.2 Å². The largest absolute Gasteiger partial charge is 0.333 e. The summed E-state index contributed by atoms with van der Waals surface area (Å²) in [4.78, 5) is 19.1. The zero-order valence-corrected chi connectivity index (χ0v) is 20.3. The van der Waals surface area contributed by atoms with Gasteiger partial charge in [-0.3, -0.25) is 9.47 Å². The highest BCUT2D eigenvalue weighted by Gasteiger charge is 2.26. The van der Waals surface area contributed by atoms with Crippen molar-refractivity contribution in [3.63, 3.8) is 0 Å². The number of nitrogens with one attached hydrogen (secondary N) is 1. The monoisotopic (exact) mass is 508 g/mol. The number of hydrogen-bond acceptors (Lipinski definition) is 5. The first-order valence-corrected chi connectivity index (χ1v) is 12.0. The number of fused-ring (bicyclic) bond motifs is 3. The predicted octanol–water partition coefficient (Wildman–Crippen LogP) is 4.89. The Morgan fingerprint density at radius 3 is 2.76 bits per heavy atom. The molecule has 0 fully saturated rings. The van der Waals surface area contributed by atoms with Gasteiger partial charge in [-0.2, -0.15) is 14.9 Å². The normalized spacial score (nSPS) is 13.3. The summed E-state index contributed by atoms with van der Waals surface area (Å²) < 4.78 is 28.7. The molecule has 1 N–H and O–H groups in total. The molecule has 7 nitrogen and oxygen atoms in total. The third-order valence-electron chi connectivity index (χ3n) is 6.58. The molecule has 2 aromatic carbocycles. The van der Waals surface area contributed by atoms with Gasteiger partial charge >= 0.3 is 6.03 Å². The van der Waals surface area contributed by atoms with E-state index in [9.17, 15) is 18.8 Å². The zero-order chi connectivity index (χ0) is 26.6. The van der Waals surface area contributed by atoms with E-state index in [0.717, 1.165) is 22.2 Å². The van der Waals surface area contributed by atoms with Crippen LogP contribution in [0, 0.1) is 34.4 Å². The second kappa shape index (κ2) is 10.6. The lowest BCUT2D eigenvalue weighted by molar-refractivity contribution is 0.240. The Labute approximate surface area is 217 Å². The van der Waals surface area contributed by atoms with Crippen molar-refractivity contribution in [2.24, 2.45) is 0 Å². The fourth-order valence-corrected chi connectivity index (χ4v) is 4.75. The lowest BCUT2D eigenvalue weighted by atomic mass is 10.0. The second-order valence-electron chi connectivity index (χ2n) is 8.99. The smallest absolute Gasteiger partial charge is 0.326 e. The highest BCUT2D eigenvalue weighted by molar-refractivity contribution is 5.96. The first kappa shape index (κ1) is 24.8. The van der Waals surface area contributed by atoms with Crippen molar-refractivity contribution < 1.29 is 13.6 Å². The van der Waals surface area contributed by atoms with E-state index in [1.54, 1.807) is 34.9 Å². The van der Waals surface area contributed by atoms with Gasteiger partial charge in [-0.05, 0) is 59.2 Å². The standard InChI is InChI=1S/C29H22F2N6O/c30-25-5-3-19(12-22(25)16-33)2-1-10-36-11-8-27-24(18-36)23-13-20(15-32)4-6-26(23)37(27)29(38)35-17-21-7-9-34-28(31)14-21/h1-7,9,12-14H,8,10-11,17-18H2,(H,35,38). The van der Waals surface area contributed by atoms with E-state index in [4.69, 9.17) is 5.26 Å². The van der Waals surface area contributed by atoms with Crippen molar-refractivity contribution in [2.75, 3.05) is 13.1 Å². The summed E-state index contributed by atoms with van der Waals surface area (Å²) in [5.41, 5.74) is 4.42. The van der Waals surface area contributed by atoms with E-state index >= 15 is 0 Å². The van der Waals surface area contributed by atoms with Crippen molar-refractivity contribution in [3.05, 3.63) is 106 Å². The summed E-state index contributed by atoms with van der Waals surface area (Å²) in [6.45, 7) is 2.04. The molecule has 1 aliphatic rings. The van der Waals surface area contributed by atoms with E-state index in [2.05, 4.69) is 21.3 Å². The molecule has 4 aromatic rings. The Kier molecular flexibility index (Phi) is 6.94. The van der Waals surface area contributed by atoms with Gasteiger partial charge in [0.15, 0.2) is 0 Å². The van der Waals surface area contributed by atoms with Gasteiger partial charge in [-0.15, -0.1) is 0 Å². The summed E-state index contributed by atoms with van der Waals surface area (Å²) in [6, 6.07) is 16.3. The molecule has 2 aromatic heterocycles. The average molecular weight is 509 g/mol. The van der Waals surface area contributed by atoms with Gasteiger partial charge in [-0.1, -0.05) is 18.2 Å². The summed E-state index contributed by atoms with van der Waals surface area (Å²) in [6.07, 6.45) is 5.78. The number of nitriles is 2. The summed E-state index contributed by atoms with van der Waals surface area (Å²) in [7, 11) is 0. The maximum Gasteiger partial charge on any atom is 0.326 e. The van der Waals surface area contributed by atoms with Crippen LogP contribution in [0.25, 0.3) is 17.0 Å². The van der Waals surface area contributed by atoms with Gasteiger partial charge in [0, 0.05) is 49.9 Å². The number of benzene rings is 2. The number of hydrogen-bond donors (Lipinski definition) is 1. The van der Waals surface area contributed by atoms with Gasteiger partial charge in [0.2, 0.25) is 5.95 Å². The number of carbonyl (C=O) groups is 1. The molecule has 3 heterocycles. The minimum absolute atomic E-state index is 0.00298. The zero-order valence-electron chi connectivity index (χ0n) is 20.3. The molecule has 5 rings (SSSR count). The molecule has 0 aliphatic carbocycles. The van der Waals surface area contributed by atoms with Crippen molar-refractivity contribution in [1.82, 2.24) is 19.8 Å². The molecule has 0 saturated carbocycles. The molecule has 0 spiro atoms. The molecular formula is C29H22F2N6O. The number of carbonyl (C=O) groups excluding carboxylic acids is 1. The Morgan fingerprint density at radius 2 is 1.97 bits per heavy atom. The van der Waals surface area contributed by atoms with E-state index in [-0.39, 0.29) is 18.1 Å². The fraction of sp³-hybridized carbons (Fsp3) is 0.172. The quantitative estimate of drug-likeness (QED) is 0.387. The van der Waals surface area contributed by atoms with E-state index in [0.29, 0.717) is 42.7 Å². The number of nitrogens with zero attached hydrogens (tertiary/aromatic N) is 5. The highest BCUT2D eigenvalue weighted by Crippen LogP contribution is 2.31. The lowest BCUT2D eigenvalue weighted by Crippen LogP contribution is -2.34. The summed E-state index contributed by atoms with van der Waals surface area (Å²) in [5, 5.41) is 22.2. The molecule has 0 saturated heterocycles. The minimum Gasteiger partial charge on any atom is -0.333 e. The Morgan fingerprint density at radius 1 is 1.11 bits per heavy atom. The van der Waals surface area contributed by atoms with Crippen LogP contribution in [0.2, 0.25) is 0 Å². The SMILES string of the molecule is N#Cc1ccc2c(c1)c1c(n2C(=O)NCc2ccnc(F)c2)CCN(CC=Cc2ccc(F)c(C#N)c2)C1. The topological polar surface area (TPSA) is 97.7 Å². The predicted molar refractivity (Wildman–Crippen MR) is 138 cm³/mol. The second-order valence-corrected chi connectivity index (χ2v) is 8.99. The van der Waals surface area contributed by atoms with Crippen LogP contribution in [0.5, 0.6) is 0 Å². The molecule has 9 heteroatoms. The van der Waals surface area contributed by atoms with Crippen LogP contribution in [-0.2, 0) is 19.5 Å². The molecule has 1 aliphatic heterocycles. The van der Waals surface area contributed by atoms with Crippen molar-refractivity contribution in [1.29, 1.82) is 10.5 Å². The first-order valence-electron chi connectivity index (χ1n) is 12.0. The summed E-state index contributed by atoms with van der Waals surface area (Å²) in [5.74, 6) is -1.15. The minimum atomic E-state index is -0.608.